The highest BCUT2D eigenvalue weighted by Gasteiger charge is 2.61. The molecule has 0 heterocycles. The largest absolute Gasteiger partial charge is 0.510 e. The molecule has 1 unspecified atom stereocenters. The van der Waals surface area contributed by atoms with Crippen LogP contribution in [0.4, 0.5) is 18.0 Å². The van der Waals surface area contributed by atoms with Gasteiger partial charge in [-0.05, 0) is 12.5 Å². The third-order valence-corrected chi connectivity index (χ3v) is 2.44. The van der Waals surface area contributed by atoms with Crippen molar-refractivity contribution in [1.29, 1.82) is 0 Å². The normalized spacial score (nSPS) is 14.2. The molecule has 110 valence electrons. The summed E-state index contributed by atoms with van der Waals surface area (Å²) in [5, 5.41) is 8.55. The third-order valence-electron chi connectivity index (χ3n) is 2.44. The molecule has 0 saturated carbocycles. The number of carboxylic acid groups (broad SMARTS) is 1. The zero-order chi connectivity index (χ0) is 15.4. The first-order chi connectivity index (χ1) is 9.17. The Bertz CT molecular complexity index is 486. The van der Waals surface area contributed by atoms with E-state index in [1.54, 1.807) is 30.3 Å². The average molecular weight is 292 g/mol. The molecule has 1 atom stereocenters. The van der Waals surface area contributed by atoms with E-state index in [2.05, 4.69) is 9.47 Å². The van der Waals surface area contributed by atoms with Crippen LogP contribution in [0.1, 0.15) is 12.5 Å². The molecule has 0 bridgehead atoms. The van der Waals surface area contributed by atoms with E-state index in [1.165, 1.54) is 0 Å². The number of benzene rings is 1. The lowest BCUT2D eigenvalue weighted by Crippen LogP contribution is -2.52. The second kappa shape index (κ2) is 5.81. The molecule has 0 fully saturated rings. The van der Waals surface area contributed by atoms with Crippen LogP contribution in [0, 0.1) is 0 Å². The third kappa shape index (κ3) is 3.62. The summed E-state index contributed by atoms with van der Waals surface area (Å²) in [7, 11) is 0. The molecular formula is C12H11F3O5. The van der Waals surface area contributed by atoms with Gasteiger partial charge in [0.05, 0.1) is 0 Å². The highest BCUT2D eigenvalue weighted by molar-refractivity contribution is 5.81. The van der Waals surface area contributed by atoms with Crippen LogP contribution in [0.2, 0.25) is 0 Å². The molecule has 1 N–H and O–H groups in total. The lowest BCUT2D eigenvalue weighted by molar-refractivity contribution is -0.257. The fourth-order valence-corrected chi connectivity index (χ4v) is 1.14. The van der Waals surface area contributed by atoms with Crippen LogP contribution >= 0.6 is 0 Å². The SMILES string of the molecule is CC(OC(=O)OCc1ccccc1)(C(=O)O)C(F)(F)F. The fraction of sp³-hybridized carbons (Fsp3) is 0.333. The average Bonchev–Trinajstić information content (AvgIpc) is 2.36. The Morgan fingerprint density at radius 2 is 1.75 bits per heavy atom. The van der Waals surface area contributed by atoms with Crippen molar-refractivity contribution in [3.05, 3.63) is 35.9 Å². The van der Waals surface area contributed by atoms with E-state index in [0.29, 0.717) is 5.56 Å². The number of rotatable bonds is 4. The molecular weight excluding hydrogens is 281 g/mol. The van der Waals surface area contributed by atoms with Gasteiger partial charge < -0.3 is 14.6 Å². The fourth-order valence-electron chi connectivity index (χ4n) is 1.14. The van der Waals surface area contributed by atoms with Crippen LogP contribution in [0.25, 0.3) is 0 Å². The predicted octanol–water partition coefficient (Wildman–Crippen LogP) is 2.75. The number of hydrogen-bond donors (Lipinski definition) is 1. The summed E-state index contributed by atoms with van der Waals surface area (Å²) in [6.07, 6.45) is -6.97. The van der Waals surface area contributed by atoms with Crippen molar-refractivity contribution in [2.24, 2.45) is 0 Å². The summed E-state index contributed by atoms with van der Waals surface area (Å²) in [5.74, 6) is -2.33. The number of carboxylic acids is 1. The van der Waals surface area contributed by atoms with Gasteiger partial charge >= 0.3 is 23.9 Å². The van der Waals surface area contributed by atoms with Crippen LogP contribution in [0.5, 0.6) is 0 Å². The van der Waals surface area contributed by atoms with Crippen molar-refractivity contribution in [2.45, 2.75) is 25.3 Å². The molecule has 1 aromatic rings. The zero-order valence-electron chi connectivity index (χ0n) is 10.3. The smallest absolute Gasteiger partial charge is 0.478 e. The molecule has 0 aromatic heterocycles. The van der Waals surface area contributed by atoms with E-state index in [4.69, 9.17) is 5.11 Å². The molecule has 0 radical (unpaired) electrons. The number of aliphatic carboxylic acids is 1. The van der Waals surface area contributed by atoms with E-state index in [1.807, 2.05) is 0 Å². The zero-order valence-corrected chi connectivity index (χ0v) is 10.3. The first kappa shape index (κ1) is 15.8. The van der Waals surface area contributed by atoms with Gasteiger partial charge in [0.1, 0.15) is 6.61 Å². The maximum atomic E-state index is 12.6. The highest BCUT2D eigenvalue weighted by Crippen LogP contribution is 2.34. The van der Waals surface area contributed by atoms with Crippen LogP contribution in [-0.2, 0) is 20.9 Å². The van der Waals surface area contributed by atoms with Crippen molar-refractivity contribution in [3.8, 4) is 0 Å². The second-order valence-corrected chi connectivity index (χ2v) is 3.96. The molecule has 0 aliphatic heterocycles. The maximum absolute atomic E-state index is 12.6. The van der Waals surface area contributed by atoms with E-state index in [-0.39, 0.29) is 13.5 Å². The molecule has 0 spiro atoms. The van der Waals surface area contributed by atoms with Crippen molar-refractivity contribution in [3.63, 3.8) is 0 Å². The molecule has 0 aliphatic rings. The lowest BCUT2D eigenvalue weighted by Gasteiger charge is -2.26. The standard InChI is InChI=1S/C12H11F3O5/c1-11(9(16)17,12(13,14)15)20-10(18)19-7-8-5-3-2-4-6-8/h2-6H,7H2,1H3,(H,16,17). The Morgan fingerprint density at radius 1 is 1.20 bits per heavy atom. The van der Waals surface area contributed by atoms with Crippen molar-refractivity contribution in [2.75, 3.05) is 0 Å². The van der Waals surface area contributed by atoms with E-state index in [0.717, 1.165) is 0 Å². The van der Waals surface area contributed by atoms with E-state index >= 15 is 0 Å². The minimum absolute atomic E-state index is 0.235. The minimum Gasteiger partial charge on any atom is -0.478 e. The number of alkyl halides is 3. The van der Waals surface area contributed by atoms with Gasteiger partial charge in [-0.1, -0.05) is 30.3 Å². The first-order valence-electron chi connectivity index (χ1n) is 5.36. The van der Waals surface area contributed by atoms with Gasteiger partial charge in [0, 0.05) is 0 Å². The highest BCUT2D eigenvalue weighted by atomic mass is 19.4. The lowest BCUT2D eigenvalue weighted by atomic mass is 10.1. The number of ether oxygens (including phenoxy) is 2. The second-order valence-electron chi connectivity index (χ2n) is 3.96. The summed E-state index contributed by atoms with van der Waals surface area (Å²) >= 11 is 0. The van der Waals surface area contributed by atoms with E-state index in [9.17, 15) is 22.8 Å². The molecule has 1 aromatic carbocycles. The first-order valence-corrected chi connectivity index (χ1v) is 5.36. The summed E-state index contributed by atoms with van der Waals surface area (Å²) in [6, 6.07) is 8.13. The molecule has 1 rings (SSSR count). The quantitative estimate of drug-likeness (QED) is 0.864. The van der Waals surface area contributed by atoms with Gasteiger partial charge in [-0.15, -0.1) is 0 Å². The molecule has 0 saturated heterocycles. The van der Waals surface area contributed by atoms with Crippen molar-refractivity contribution < 1.29 is 37.3 Å². The van der Waals surface area contributed by atoms with Crippen LogP contribution in [0.3, 0.4) is 0 Å². The Morgan fingerprint density at radius 3 is 2.20 bits per heavy atom. The van der Waals surface area contributed by atoms with Crippen molar-refractivity contribution >= 4 is 12.1 Å². The number of hydrogen-bond acceptors (Lipinski definition) is 4. The van der Waals surface area contributed by atoms with Crippen LogP contribution in [-0.4, -0.2) is 29.0 Å². The molecule has 0 amide bonds. The Labute approximate surface area is 111 Å². The molecule has 20 heavy (non-hydrogen) atoms. The molecule has 5 nitrogen and oxygen atoms in total. The molecule has 0 aliphatic carbocycles. The Kier molecular flexibility index (Phi) is 4.59. The topological polar surface area (TPSA) is 72.8 Å². The summed E-state index contributed by atoms with van der Waals surface area (Å²) in [4.78, 5) is 21.8. The predicted molar refractivity (Wildman–Crippen MR) is 59.8 cm³/mol. The van der Waals surface area contributed by atoms with Gasteiger partial charge in [-0.25, -0.2) is 9.59 Å². The van der Waals surface area contributed by atoms with Gasteiger partial charge in [0.15, 0.2) is 0 Å². The number of carbonyl (C=O) groups is 2. The molecule has 8 heteroatoms. The Balaban J connectivity index is 2.67. The van der Waals surface area contributed by atoms with Crippen LogP contribution < -0.4 is 0 Å². The van der Waals surface area contributed by atoms with Gasteiger partial charge in [-0.2, -0.15) is 13.2 Å². The Hall–Kier alpha value is -2.25. The monoisotopic (exact) mass is 292 g/mol. The van der Waals surface area contributed by atoms with Gasteiger partial charge in [0.2, 0.25) is 0 Å². The maximum Gasteiger partial charge on any atom is 0.510 e. The summed E-state index contributed by atoms with van der Waals surface area (Å²) in [6.45, 7) is -0.0909. The number of halogens is 3. The van der Waals surface area contributed by atoms with Crippen LogP contribution in [0.15, 0.2) is 30.3 Å². The van der Waals surface area contributed by atoms with Gasteiger partial charge in [0.25, 0.3) is 0 Å². The van der Waals surface area contributed by atoms with Crippen molar-refractivity contribution in [1.82, 2.24) is 0 Å². The van der Waals surface area contributed by atoms with Gasteiger partial charge in [-0.3, -0.25) is 0 Å². The number of carbonyl (C=O) groups excluding carboxylic acids is 1. The summed E-state index contributed by atoms with van der Waals surface area (Å²) < 4.78 is 46.0. The summed E-state index contributed by atoms with van der Waals surface area (Å²) in [5.41, 5.74) is -3.13. The van der Waals surface area contributed by atoms with E-state index < -0.39 is 23.9 Å². The minimum atomic E-state index is -5.26.